The van der Waals surface area contributed by atoms with E-state index in [0.29, 0.717) is 6.42 Å². The van der Waals surface area contributed by atoms with Gasteiger partial charge in [0.2, 0.25) is 5.91 Å². The molecule has 0 aromatic heterocycles. The molecule has 0 saturated carbocycles. The van der Waals surface area contributed by atoms with Crippen LogP contribution in [0.25, 0.3) is 0 Å². The number of unbranched alkanes of at least 4 members (excludes halogenated alkanes) is 7. The molecule has 0 aliphatic heterocycles. The van der Waals surface area contributed by atoms with E-state index in [1.54, 1.807) is 0 Å². The van der Waals surface area contributed by atoms with Gasteiger partial charge in [0.1, 0.15) is 0 Å². The van der Waals surface area contributed by atoms with E-state index in [2.05, 4.69) is 6.92 Å². The van der Waals surface area contributed by atoms with E-state index in [1.165, 1.54) is 38.5 Å². The van der Waals surface area contributed by atoms with Crippen LogP contribution in [-0.4, -0.2) is 5.91 Å². The molecule has 1 amide bonds. The average Bonchev–Trinajstić information content (AvgIpc) is 2.09. The lowest BCUT2D eigenvalue weighted by molar-refractivity contribution is -0.118. The van der Waals surface area contributed by atoms with E-state index < -0.39 is 0 Å². The van der Waals surface area contributed by atoms with Crippen LogP contribution in [0.15, 0.2) is 0 Å². The van der Waals surface area contributed by atoms with Crippen molar-refractivity contribution in [1.82, 2.24) is 0 Å². The van der Waals surface area contributed by atoms with Crippen molar-refractivity contribution in [2.75, 3.05) is 0 Å². The molecule has 0 radical (unpaired) electrons. The molecule has 0 spiro atoms. The summed E-state index contributed by atoms with van der Waals surface area (Å²) >= 11 is 0. The Balaban J connectivity index is 2.87. The monoisotopic (exact) mass is 185 g/mol. The molecule has 2 nitrogen and oxygen atoms in total. The van der Waals surface area contributed by atoms with Crippen LogP contribution in [-0.2, 0) is 4.79 Å². The summed E-state index contributed by atoms with van der Waals surface area (Å²) in [4.78, 5) is 10.4. The first-order valence-corrected chi connectivity index (χ1v) is 5.55. The standard InChI is InChI=1S/C11H23NO/c1-2-3-4-5-6-7-8-9-10-11(12)13/h2-10H2,1H3,(H2,12,13). The number of hydrogen-bond acceptors (Lipinski definition) is 1. The van der Waals surface area contributed by atoms with E-state index >= 15 is 0 Å². The Morgan fingerprint density at radius 3 is 1.85 bits per heavy atom. The van der Waals surface area contributed by atoms with Gasteiger partial charge in [0.05, 0.1) is 0 Å². The van der Waals surface area contributed by atoms with Gasteiger partial charge in [0.25, 0.3) is 0 Å². The van der Waals surface area contributed by atoms with Crippen LogP contribution >= 0.6 is 0 Å². The van der Waals surface area contributed by atoms with Crippen molar-refractivity contribution in [2.45, 2.75) is 64.7 Å². The highest BCUT2D eigenvalue weighted by Crippen LogP contribution is 2.08. The molecule has 0 aliphatic carbocycles. The number of carbonyl (C=O) groups excluding carboxylic acids is 1. The zero-order valence-corrected chi connectivity index (χ0v) is 8.85. The fraction of sp³-hybridized carbons (Fsp3) is 0.909. The lowest BCUT2D eigenvalue weighted by Crippen LogP contribution is -2.09. The van der Waals surface area contributed by atoms with E-state index in [-0.39, 0.29) is 5.91 Å². The predicted molar refractivity (Wildman–Crippen MR) is 56.4 cm³/mol. The molecular weight excluding hydrogens is 162 g/mol. The minimum absolute atomic E-state index is 0.161. The number of hydrogen-bond donors (Lipinski definition) is 1. The Bertz CT molecular complexity index is 123. The molecule has 0 aromatic rings. The van der Waals surface area contributed by atoms with Crippen molar-refractivity contribution in [1.29, 1.82) is 0 Å². The van der Waals surface area contributed by atoms with Gasteiger partial charge in [-0.25, -0.2) is 0 Å². The van der Waals surface area contributed by atoms with Crippen LogP contribution in [0.1, 0.15) is 64.7 Å². The summed E-state index contributed by atoms with van der Waals surface area (Å²) in [6.07, 6.45) is 10.7. The van der Waals surface area contributed by atoms with E-state index in [9.17, 15) is 4.79 Å². The summed E-state index contributed by atoms with van der Waals surface area (Å²) in [5, 5.41) is 0. The van der Waals surface area contributed by atoms with Crippen LogP contribution in [0.4, 0.5) is 0 Å². The molecule has 2 heteroatoms. The summed E-state index contributed by atoms with van der Waals surface area (Å²) in [6, 6.07) is 0. The highest BCUT2D eigenvalue weighted by molar-refractivity contribution is 5.73. The molecule has 0 rings (SSSR count). The fourth-order valence-electron chi connectivity index (χ4n) is 1.43. The second-order valence-corrected chi connectivity index (χ2v) is 3.69. The van der Waals surface area contributed by atoms with Crippen molar-refractivity contribution < 1.29 is 4.79 Å². The molecule has 78 valence electrons. The summed E-state index contributed by atoms with van der Waals surface area (Å²) < 4.78 is 0. The molecule has 0 bridgehead atoms. The predicted octanol–water partition coefficient (Wildman–Crippen LogP) is 3.00. The molecular formula is C11H23NO. The number of amides is 1. The van der Waals surface area contributed by atoms with Crippen molar-refractivity contribution in [3.05, 3.63) is 0 Å². The van der Waals surface area contributed by atoms with Gasteiger partial charge in [0.15, 0.2) is 0 Å². The maximum Gasteiger partial charge on any atom is 0.217 e. The van der Waals surface area contributed by atoms with Crippen molar-refractivity contribution >= 4 is 5.91 Å². The number of rotatable bonds is 9. The summed E-state index contributed by atoms with van der Waals surface area (Å²) in [5.74, 6) is -0.161. The smallest absolute Gasteiger partial charge is 0.217 e. The summed E-state index contributed by atoms with van der Waals surface area (Å²) in [6.45, 7) is 2.23. The van der Waals surface area contributed by atoms with Gasteiger partial charge >= 0.3 is 0 Å². The third kappa shape index (κ3) is 11.5. The van der Waals surface area contributed by atoms with Crippen LogP contribution in [0, 0.1) is 0 Å². The summed E-state index contributed by atoms with van der Waals surface area (Å²) in [7, 11) is 0. The van der Waals surface area contributed by atoms with Gasteiger partial charge in [-0.2, -0.15) is 0 Å². The Morgan fingerprint density at radius 1 is 0.923 bits per heavy atom. The van der Waals surface area contributed by atoms with Crippen LogP contribution in [0.3, 0.4) is 0 Å². The van der Waals surface area contributed by atoms with Crippen LogP contribution in [0.2, 0.25) is 0 Å². The maximum atomic E-state index is 10.4. The van der Waals surface area contributed by atoms with E-state index in [4.69, 9.17) is 5.73 Å². The lowest BCUT2D eigenvalue weighted by atomic mass is 10.1. The molecule has 0 atom stereocenters. The van der Waals surface area contributed by atoms with Gasteiger partial charge in [-0.05, 0) is 6.42 Å². The van der Waals surface area contributed by atoms with Crippen LogP contribution < -0.4 is 5.73 Å². The summed E-state index contributed by atoms with van der Waals surface area (Å²) in [5.41, 5.74) is 5.03. The van der Waals surface area contributed by atoms with E-state index in [0.717, 1.165) is 12.8 Å². The topological polar surface area (TPSA) is 43.1 Å². The molecule has 0 unspecified atom stereocenters. The molecule has 0 fully saturated rings. The van der Waals surface area contributed by atoms with Crippen molar-refractivity contribution in [3.63, 3.8) is 0 Å². The third-order valence-electron chi connectivity index (χ3n) is 2.28. The molecule has 0 saturated heterocycles. The Morgan fingerprint density at radius 2 is 1.38 bits per heavy atom. The van der Waals surface area contributed by atoms with Gasteiger partial charge in [0, 0.05) is 6.42 Å². The van der Waals surface area contributed by atoms with Gasteiger partial charge < -0.3 is 5.73 Å². The quantitative estimate of drug-likeness (QED) is 0.551. The van der Waals surface area contributed by atoms with Gasteiger partial charge in [-0.3, -0.25) is 4.79 Å². The molecule has 0 aromatic carbocycles. The van der Waals surface area contributed by atoms with Crippen molar-refractivity contribution in [2.24, 2.45) is 5.73 Å². The Labute approximate surface area is 81.9 Å². The second kappa shape index (κ2) is 9.56. The molecule has 0 aliphatic rings. The highest BCUT2D eigenvalue weighted by Gasteiger charge is 1.94. The van der Waals surface area contributed by atoms with Gasteiger partial charge in [-0.1, -0.05) is 51.9 Å². The first-order chi connectivity index (χ1) is 6.27. The zero-order valence-electron chi connectivity index (χ0n) is 8.85. The molecule has 13 heavy (non-hydrogen) atoms. The highest BCUT2D eigenvalue weighted by atomic mass is 16.1. The Kier molecular flexibility index (Phi) is 9.17. The molecule has 0 heterocycles. The van der Waals surface area contributed by atoms with Crippen molar-refractivity contribution in [3.8, 4) is 0 Å². The van der Waals surface area contributed by atoms with Crippen LogP contribution in [0.5, 0.6) is 0 Å². The third-order valence-corrected chi connectivity index (χ3v) is 2.28. The second-order valence-electron chi connectivity index (χ2n) is 3.69. The minimum Gasteiger partial charge on any atom is -0.370 e. The SMILES string of the molecule is CCCCCCCCCCC(N)=O. The Hall–Kier alpha value is -0.530. The number of primary amides is 1. The number of nitrogens with two attached hydrogens (primary N) is 1. The maximum absolute atomic E-state index is 10.4. The fourth-order valence-corrected chi connectivity index (χ4v) is 1.43. The zero-order chi connectivity index (χ0) is 9.94. The molecule has 2 N–H and O–H groups in total. The lowest BCUT2D eigenvalue weighted by Gasteiger charge is -1.99. The average molecular weight is 185 g/mol. The first-order valence-electron chi connectivity index (χ1n) is 5.55. The normalized spacial score (nSPS) is 10.2. The minimum atomic E-state index is -0.161. The largest absolute Gasteiger partial charge is 0.370 e. The van der Waals surface area contributed by atoms with Gasteiger partial charge in [-0.15, -0.1) is 0 Å². The van der Waals surface area contributed by atoms with E-state index in [1.807, 2.05) is 0 Å². The first kappa shape index (κ1) is 12.5. The number of carbonyl (C=O) groups is 1.